The van der Waals surface area contributed by atoms with Crippen molar-refractivity contribution in [3.63, 3.8) is 0 Å². The Kier molecular flexibility index (Phi) is 4.69. The molecule has 2 N–H and O–H groups in total. The van der Waals surface area contributed by atoms with Crippen molar-refractivity contribution in [2.45, 2.75) is 30.1 Å². The highest BCUT2D eigenvalue weighted by molar-refractivity contribution is 7.87. The fraction of sp³-hybridized carbons (Fsp3) is 0.211. The summed E-state index contributed by atoms with van der Waals surface area (Å²) in [6.45, 7) is 1.81. The van der Waals surface area contributed by atoms with Crippen LogP contribution >= 0.6 is 0 Å². The van der Waals surface area contributed by atoms with Gasteiger partial charge in [-0.25, -0.2) is 4.98 Å². The molecule has 1 aromatic carbocycles. The van der Waals surface area contributed by atoms with Crippen molar-refractivity contribution in [2.24, 2.45) is 0 Å². The molecule has 29 heavy (non-hydrogen) atoms. The van der Waals surface area contributed by atoms with Gasteiger partial charge in [0.05, 0.1) is 5.70 Å². The minimum absolute atomic E-state index is 0.0447. The molecular formula is C19H16N2O7S. The molecule has 0 saturated carbocycles. The van der Waals surface area contributed by atoms with Crippen molar-refractivity contribution in [1.82, 2.24) is 10.3 Å². The van der Waals surface area contributed by atoms with Crippen LogP contribution in [0.4, 0.5) is 0 Å². The van der Waals surface area contributed by atoms with Crippen molar-refractivity contribution in [3.05, 3.63) is 65.6 Å². The predicted molar refractivity (Wildman–Crippen MR) is 98.5 cm³/mol. The molecule has 2 aromatic rings. The number of ether oxygens (including phenoxy) is 1. The lowest BCUT2D eigenvalue weighted by atomic mass is 10.0. The summed E-state index contributed by atoms with van der Waals surface area (Å²) in [4.78, 5) is 28.2. The Bertz CT molecular complexity index is 1130. The largest absolute Gasteiger partial charge is 0.384 e. The van der Waals surface area contributed by atoms with E-state index in [1.807, 2.05) is 6.92 Å². The van der Waals surface area contributed by atoms with E-state index in [2.05, 4.69) is 10.3 Å². The number of epoxide rings is 1. The van der Waals surface area contributed by atoms with Gasteiger partial charge in [-0.15, -0.1) is 0 Å². The Balaban J connectivity index is 1.57. The van der Waals surface area contributed by atoms with E-state index in [0.29, 0.717) is 0 Å². The van der Waals surface area contributed by atoms with E-state index < -0.39 is 34.3 Å². The monoisotopic (exact) mass is 416 g/mol. The van der Waals surface area contributed by atoms with Crippen molar-refractivity contribution < 1.29 is 32.0 Å². The fourth-order valence-corrected chi connectivity index (χ4v) is 3.83. The number of amides is 1. The Labute approximate surface area is 166 Å². The molecule has 1 aliphatic carbocycles. The molecule has 1 aromatic heterocycles. The van der Waals surface area contributed by atoms with Crippen molar-refractivity contribution in [2.75, 3.05) is 0 Å². The Morgan fingerprint density at radius 3 is 2.69 bits per heavy atom. The summed E-state index contributed by atoms with van der Waals surface area (Å²) >= 11 is 0. The van der Waals surface area contributed by atoms with E-state index in [-0.39, 0.29) is 27.8 Å². The van der Waals surface area contributed by atoms with Crippen LogP contribution in [0.5, 0.6) is 5.75 Å². The second-order valence-corrected chi connectivity index (χ2v) is 8.17. The van der Waals surface area contributed by atoms with Crippen LogP contribution in [0.25, 0.3) is 0 Å². The van der Waals surface area contributed by atoms with E-state index in [4.69, 9.17) is 8.92 Å². The molecule has 0 spiro atoms. The highest BCUT2D eigenvalue weighted by atomic mass is 32.2. The van der Waals surface area contributed by atoms with Gasteiger partial charge in [-0.3, -0.25) is 9.59 Å². The molecule has 3 unspecified atom stereocenters. The minimum Gasteiger partial charge on any atom is -0.384 e. The number of benzene rings is 1. The van der Waals surface area contributed by atoms with Crippen LogP contribution in [0.2, 0.25) is 0 Å². The zero-order chi connectivity index (χ0) is 20.8. The summed E-state index contributed by atoms with van der Waals surface area (Å²) in [7, 11) is -4.20. The highest BCUT2D eigenvalue weighted by Crippen LogP contribution is 2.33. The van der Waals surface area contributed by atoms with Crippen molar-refractivity contribution in [3.8, 4) is 5.75 Å². The summed E-state index contributed by atoms with van der Waals surface area (Å²) in [6, 6.07) is 8.72. The maximum Gasteiger partial charge on any atom is 0.339 e. The molecular weight excluding hydrogens is 400 g/mol. The number of hydrogen-bond acceptors (Lipinski definition) is 8. The van der Waals surface area contributed by atoms with Gasteiger partial charge in [0.2, 0.25) is 0 Å². The number of nitrogens with one attached hydrogen (secondary N) is 1. The van der Waals surface area contributed by atoms with E-state index >= 15 is 0 Å². The first-order valence-corrected chi connectivity index (χ1v) is 10.0. The molecule has 2 aliphatic rings. The first-order valence-electron chi connectivity index (χ1n) is 8.63. The molecule has 0 bridgehead atoms. The van der Waals surface area contributed by atoms with Gasteiger partial charge in [0.1, 0.15) is 23.2 Å². The number of aliphatic hydroxyl groups excluding tert-OH is 1. The summed E-state index contributed by atoms with van der Waals surface area (Å²) in [5, 5.41) is 12.5. The molecule has 10 heteroatoms. The minimum atomic E-state index is -4.20. The topological polar surface area (TPSA) is 135 Å². The van der Waals surface area contributed by atoms with Crippen LogP contribution < -0.4 is 9.50 Å². The number of aromatic nitrogens is 1. The third-order valence-electron chi connectivity index (χ3n) is 4.49. The predicted octanol–water partition coefficient (Wildman–Crippen LogP) is 0.482. The molecule has 1 fully saturated rings. The molecule has 2 heterocycles. The second-order valence-electron chi connectivity index (χ2n) is 6.62. The third-order valence-corrected chi connectivity index (χ3v) is 5.73. The van der Waals surface area contributed by atoms with Gasteiger partial charge in [0.15, 0.2) is 17.2 Å². The smallest absolute Gasteiger partial charge is 0.339 e. The van der Waals surface area contributed by atoms with E-state index in [9.17, 15) is 23.1 Å². The first-order chi connectivity index (χ1) is 13.8. The number of pyridine rings is 1. The lowest BCUT2D eigenvalue weighted by molar-refractivity contribution is -0.116. The quantitative estimate of drug-likeness (QED) is 0.531. The zero-order valence-electron chi connectivity index (χ0n) is 15.1. The highest BCUT2D eigenvalue weighted by Gasteiger charge is 2.53. The van der Waals surface area contributed by atoms with Crippen molar-refractivity contribution >= 4 is 21.8 Å². The summed E-state index contributed by atoms with van der Waals surface area (Å²) in [6.07, 6.45) is -0.172. The van der Waals surface area contributed by atoms with Crippen LogP contribution in [0.3, 0.4) is 0 Å². The van der Waals surface area contributed by atoms with Gasteiger partial charge in [0, 0.05) is 12.3 Å². The zero-order valence-corrected chi connectivity index (χ0v) is 15.9. The second kappa shape index (κ2) is 7.07. The lowest BCUT2D eigenvalue weighted by Gasteiger charge is -2.17. The number of nitrogens with zero attached hydrogens (tertiary/aromatic N) is 1. The Morgan fingerprint density at radius 2 is 1.97 bits per heavy atom. The van der Waals surface area contributed by atoms with Crippen LogP contribution in [0.1, 0.15) is 16.1 Å². The lowest BCUT2D eigenvalue weighted by Crippen LogP contribution is -2.38. The number of carbonyl (C=O) groups excluding carboxylic acids is 2. The number of ketones is 1. The number of fused-ring (bicyclic) bond motifs is 1. The van der Waals surface area contributed by atoms with Crippen molar-refractivity contribution in [1.29, 1.82) is 0 Å². The summed E-state index contributed by atoms with van der Waals surface area (Å²) in [5.74, 6) is -1.49. The number of aliphatic hydroxyl groups is 1. The molecule has 1 saturated heterocycles. The number of rotatable bonds is 5. The van der Waals surface area contributed by atoms with Crippen LogP contribution in [0, 0.1) is 6.92 Å². The van der Waals surface area contributed by atoms with E-state index in [1.54, 1.807) is 12.1 Å². The van der Waals surface area contributed by atoms with Gasteiger partial charge < -0.3 is 19.3 Å². The van der Waals surface area contributed by atoms with Gasteiger partial charge >= 0.3 is 10.1 Å². The van der Waals surface area contributed by atoms with Crippen LogP contribution in [0.15, 0.2) is 59.3 Å². The summed E-state index contributed by atoms with van der Waals surface area (Å²) < 4.78 is 35.2. The molecule has 0 radical (unpaired) electrons. The molecule has 150 valence electrons. The van der Waals surface area contributed by atoms with Gasteiger partial charge in [-0.2, -0.15) is 8.42 Å². The van der Waals surface area contributed by atoms with E-state index in [1.165, 1.54) is 30.5 Å². The maximum atomic E-state index is 12.6. The third kappa shape index (κ3) is 3.77. The SMILES string of the molecule is Cc1ccc(S(=O)(=O)Oc2cccnc2C(=O)NC2=CC(=O)C3OC3C2O)cc1. The Hall–Kier alpha value is -3.08. The van der Waals surface area contributed by atoms with E-state index in [0.717, 1.165) is 11.6 Å². The average molecular weight is 416 g/mol. The molecule has 1 aliphatic heterocycles. The Morgan fingerprint density at radius 1 is 1.24 bits per heavy atom. The van der Waals surface area contributed by atoms with Crippen LogP contribution in [-0.2, 0) is 19.6 Å². The van der Waals surface area contributed by atoms with Crippen LogP contribution in [-0.4, -0.2) is 48.5 Å². The van der Waals surface area contributed by atoms with Gasteiger partial charge in [-0.05, 0) is 31.2 Å². The summed E-state index contributed by atoms with van der Waals surface area (Å²) in [5.41, 5.74) is 0.514. The number of hydrogen-bond donors (Lipinski definition) is 2. The first kappa shape index (κ1) is 19.2. The van der Waals surface area contributed by atoms with Gasteiger partial charge in [-0.1, -0.05) is 17.7 Å². The number of carbonyl (C=O) groups is 2. The maximum absolute atomic E-state index is 12.6. The van der Waals surface area contributed by atoms with Gasteiger partial charge in [0.25, 0.3) is 5.91 Å². The normalized spacial score (nSPS) is 23.0. The molecule has 4 rings (SSSR count). The molecule has 9 nitrogen and oxygen atoms in total. The number of aryl methyl sites for hydroxylation is 1. The standard InChI is InChI=1S/C19H16N2O7S/c1-10-4-6-11(7-5-10)29(25,26)28-14-3-2-8-20-15(14)19(24)21-12-9-13(22)17-18(27-17)16(12)23/h2-9,16-18,23H,1H3,(H,21,24). The average Bonchev–Trinajstić information content (AvgIpc) is 3.48. The molecule has 3 atom stereocenters. The molecule has 1 amide bonds. The fourth-order valence-electron chi connectivity index (χ4n) is 2.89.